The molecule has 1 unspecified atom stereocenters. The predicted octanol–water partition coefficient (Wildman–Crippen LogP) is 3.61. The first-order chi connectivity index (χ1) is 14.5. The second-order valence-electron chi connectivity index (χ2n) is 6.89. The van der Waals surface area contributed by atoms with Crippen molar-refractivity contribution in [1.82, 2.24) is 4.98 Å². The van der Waals surface area contributed by atoms with Crippen molar-refractivity contribution in [2.45, 2.75) is 13.3 Å². The van der Waals surface area contributed by atoms with E-state index in [-0.39, 0.29) is 0 Å². The van der Waals surface area contributed by atoms with Crippen molar-refractivity contribution in [1.29, 1.82) is 0 Å². The molecule has 0 spiro atoms. The number of oxazole rings is 1. The van der Waals surface area contributed by atoms with Crippen LogP contribution in [0.2, 0.25) is 0 Å². The van der Waals surface area contributed by atoms with Crippen molar-refractivity contribution in [3.8, 4) is 5.75 Å². The van der Waals surface area contributed by atoms with Crippen LogP contribution in [-0.2, 0) is 16.1 Å². The number of carboxylic acid groups (broad SMARTS) is 1. The molecule has 0 saturated carbocycles. The van der Waals surface area contributed by atoms with Gasteiger partial charge in [-0.3, -0.25) is 4.79 Å². The first-order valence-corrected chi connectivity index (χ1v) is 9.57. The molecule has 158 valence electrons. The minimum absolute atomic E-state index is 0.300. The van der Waals surface area contributed by atoms with E-state index in [4.69, 9.17) is 14.0 Å². The molecule has 30 heavy (non-hydrogen) atoms. The molecule has 3 aromatic rings. The molecular weight excluding hydrogens is 386 g/mol. The zero-order chi connectivity index (χ0) is 21.5. The van der Waals surface area contributed by atoms with Crippen LogP contribution in [-0.4, -0.2) is 49.1 Å². The number of anilines is 1. The van der Waals surface area contributed by atoms with E-state index in [0.717, 1.165) is 16.7 Å². The van der Waals surface area contributed by atoms with Crippen molar-refractivity contribution in [2.75, 3.05) is 32.2 Å². The summed E-state index contributed by atoms with van der Waals surface area (Å²) < 4.78 is 11.6. The van der Waals surface area contributed by atoms with Gasteiger partial charge in [-0.2, -0.15) is 4.98 Å². The Hall–Kier alpha value is -3.55. The lowest BCUT2D eigenvalue weighted by Gasteiger charge is -2.16. The van der Waals surface area contributed by atoms with Crippen LogP contribution in [0.3, 0.4) is 0 Å². The van der Waals surface area contributed by atoms with Crippen LogP contribution < -0.4 is 9.64 Å². The smallest absolute Gasteiger partial charge is 0.312 e. The number of aliphatic carboxylic acids is 1. The highest BCUT2D eigenvalue weighted by Crippen LogP contribution is 2.21. The van der Waals surface area contributed by atoms with Crippen LogP contribution in [0, 0.1) is 5.92 Å². The number of hydrogen-bond acceptors (Lipinski definition) is 7. The fourth-order valence-electron chi connectivity index (χ4n) is 3.04. The number of aromatic nitrogens is 1. The quantitative estimate of drug-likeness (QED) is 0.402. The normalized spacial score (nSPS) is 12.6. The maximum atomic E-state index is 11.6. The van der Waals surface area contributed by atoms with Crippen LogP contribution in [0.1, 0.15) is 12.5 Å². The molecule has 8 nitrogen and oxygen atoms in total. The number of benzene rings is 2. The molecule has 1 N–H and O–H groups in total. The minimum atomic E-state index is -0.945. The molecule has 1 aromatic heterocycles. The Morgan fingerprint density at radius 3 is 2.80 bits per heavy atom. The fourth-order valence-corrected chi connectivity index (χ4v) is 3.04. The Balaban J connectivity index is 1.58. The number of nitrogens with zero attached hydrogens (tertiary/aromatic N) is 3. The summed E-state index contributed by atoms with van der Waals surface area (Å²) in [4.78, 5) is 22.6. The lowest BCUT2D eigenvalue weighted by molar-refractivity contribution is -0.139. The van der Waals surface area contributed by atoms with Gasteiger partial charge in [0.05, 0.1) is 12.3 Å². The van der Waals surface area contributed by atoms with Crippen molar-refractivity contribution in [2.24, 2.45) is 11.1 Å². The Morgan fingerprint density at radius 2 is 2.07 bits per heavy atom. The van der Waals surface area contributed by atoms with Gasteiger partial charge in [0.2, 0.25) is 0 Å². The SMILES string of the molecule is CON=C(C)C(Cc1cccc(OCCN(C)c2nc3ccccc3o2)c1)C(=O)O. The molecule has 0 bridgehead atoms. The molecular formula is C22H25N3O5. The van der Waals surface area contributed by atoms with Gasteiger partial charge in [-0.1, -0.05) is 29.4 Å². The summed E-state index contributed by atoms with van der Waals surface area (Å²) in [5.41, 5.74) is 2.82. The maximum Gasteiger partial charge on any atom is 0.312 e. The highest BCUT2D eigenvalue weighted by molar-refractivity contribution is 6.00. The monoisotopic (exact) mass is 411 g/mol. The molecule has 0 aliphatic rings. The molecule has 0 aliphatic carbocycles. The highest BCUT2D eigenvalue weighted by atomic mass is 16.6. The van der Waals surface area contributed by atoms with E-state index in [1.54, 1.807) is 6.92 Å². The van der Waals surface area contributed by atoms with Crippen molar-refractivity contribution < 1.29 is 23.9 Å². The van der Waals surface area contributed by atoms with E-state index < -0.39 is 11.9 Å². The zero-order valence-electron chi connectivity index (χ0n) is 17.2. The second kappa shape index (κ2) is 9.78. The number of rotatable bonds is 10. The Morgan fingerprint density at radius 1 is 1.27 bits per heavy atom. The largest absolute Gasteiger partial charge is 0.492 e. The molecule has 0 radical (unpaired) electrons. The Bertz CT molecular complexity index is 997. The molecule has 0 fully saturated rings. The number of carboxylic acids is 1. The van der Waals surface area contributed by atoms with E-state index in [9.17, 15) is 9.90 Å². The van der Waals surface area contributed by atoms with Crippen molar-refractivity contribution in [3.63, 3.8) is 0 Å². The fraction of sp³-hybridized carbons (Fsp3) is 0.318. The van der Waals surface area contributed by atoms with Gasteiger partial charge in [0.15, 0.2) is 5.58 Å². The predicted molar refractivity (Wildman–Crippen MR) is 114 cm³/mol. The van der Waals surface area contributed by atoms with Crippen LogP contribution in [0.5, 0.6) is 5.75 Å². The van der Waals surface area contributed by atoms with E-state index in [0.29, 0.717) is 37.0 Å². The van der Waals surface area contributed by atoms with Crippen LogP contribution in [0.25, 0.3) is 11.1 Å². The van der Waals surface area contributed by atoms with Gasteiger partial charge in [-0.15, -0.1) is 0 Å². The first-order valence-electron chi connectivity index (χ1n) is 9.57. The summed E-state index contributed by atoms with van der Waals surface area (Å²) in [6, 6.07) is 15.5. The van der Waals surface area contributed by atoms with E-state index in [2.05, 4.69) is 10.1 Å². The van der Waals surface area contributed by atoms with E-state index in [1.807, 2.05) is 60.5 Å². The average molecular weight is 411 g/mol. The van der Waals surface area contributed by atoms with Gasteiger partial charge in [0.1, 0.15) is 30.9 Å². The molecule has 0 amide bonds. The number of oxime groups is 1. The number of hydrogen-bond donors (Lipinski definition) is 1. The third kappa shape index (κ3) is 5.28. The number of fused-ring (bicyclic) bond motifs is 1. The van der Waals surface area contributed by atoms with Gasteiger partial charge in [0.25, 0.3) is 6.01 Å². The summed E-state index contributed by atoms with van der Waals surface area (Å²) in [7, 11) is 3.29. The molecule has 2 aromatic carbocycles. The highest BCUT2D eigenvalue weighted by Gasteiger charge is 2.22. The van der Waals surface area contributed by atoms with Gasteiger partial charge in [-0.05, 0) is 43.2 Å². The topological polar surface area (TPSA) is 97.4 Å². The third-order valence-electron chi connectivity index (χ3n) is 4.68. The van der Waals surface area contributed by atoms with Gasteiger partial charge < -0.3 is 24.0 Å². The Labute approximate surface area is 174 Å². The van der Waals surface area contributed by atoms with Crippen LogP contribution >= 0.6 is 0 Å². The number of para-hydroxylation sites is 2. The number of ether oxygens (including phenoxy) is 1. The summed E-state index contributed by atoms with van der Waals surface area (Å²) in [6.07, 6.45) is 0.300. The third-order valence-corrected chi connectivity index (χ3v) is 4.68. The average Bonchev–Trinajstić information content (AvgIpc) is 3.16. The lowest BCUT2D eigenvalue weighted by Crippen LogP contribution is -2.24. The molecule has 3 rings (SSSR count). The Kier molecular flexibility index (Phi) is 6.90. The molecule has 1 atom stereocenters. The second-order valence-corrected chi connectivity index (χ2v) is 6.89. The van der Waals surface area contributed by atoms with Crippen molar-refractivity contribution >= 4 is 28.8 Å². The minimum Gasteiger partial charge on any atom is -0.492 e. The summed E-state index contributed by atoms with van der Waals surface area (Å²) >= 11 is 0. The van der Waals surface area contributed by atoms with Gasteiger partial charge in [0, 0.05) is 7.05 Å². The molecule has 8 heteroatoms. The van der Waals surface area contributed by atoms with Crippen LogP contribution in [0.4, 0.5) is 6.01 Å². The maximum absolute atomic E-state index is 11.6. The van der Waals surface area contributed by atoms with E-state index >= 15 is 0 Å². The zero-order valence-corrected chi connectivity index (χ0v) is 17.2. The van der Waals surface area contributed by atoms with E-state index in [1.165, 1.54) is 7.11 Å². The molecule has 0 aliphatic heterocycles. The van der Waals surface area contributed by atoms with Crippen molar-refractivity contribution in [3.05, 3.63) is 54.1 Å². The number of carbonyl (C=O) groups is 1. The first kappa shape index (κ1) is 21.2. The summed E-state index contributed by atoms with van der Waals surface area (Å²) in [5, 5.41) is 13.2. The van der Waals surface area contributed by atoms with Gasteiger partial charge in [-0.25, -0.2) is 0 Å². The summed E-state index contributed by atoms with van der Waals surface area (Å²) in [5.74, 6) is -1.03. The van der Waals surface area contributed by atoms with Crippen LogP contribution in [0.15, 0.2) is 58.1 Å². The standard InChI is InChI=1S/C22H25N3O5/c1-15(24-28-3)18(21(26)27)14-16-7-6-8-17(13-16)29-12-11-25(2)22-23-19-9-4-5-10-20(19)30-22/h4-10,13,18H,11-12,14H2,1-3H3,(H,26,27). The van der Waals surface area contributed by atoms with Gasteiger partial charge >= 0.3 is 5.97 Å². The summed E-state index contributed by atoms with van der Waals surface area (Å²) in [6.45, 7) is 2.64. The molecule has 1 heterocycles. The lowest BCUT2D eigenvalue weighted by atomic mass is 9.95. The number of likely N-dealkylation sites (N-methyl/N-ethyl adjacent to an activating group) is 1. The molecule has 0 saturated heterocycles.